The van der Waals surface area contributed by atoms with Gasteiger partial charge in [-0.25, -0.2) is 9.78 Å². The van der Waals surface area contributed by atoms with Crippen LogP contribution in [0.4, 0.5) is 0 Å². The molecule has 2 heterocycles. The monoisotopic (exact) mass is 402 g/mol. The van der Waals surface area contributed by atoms with Crippen LogP contribution in [-0.4, -0.2) is 34.2 Å². The zero-order chi connectivity index (χ0) is 18.0. The molecule has 1 aromatic carbocycles. The molecule has 0 unspecified atom stereocenters. The first-order valence-electron chi connectivity index (χ1n) is 7.86. The third kappa shape index (κ3) is 3.32. The minimum Gasteiger partial charge on any atom is -0.420 e. The van der Waals surface area contributed by atoms with Gasteiger partial charge >= 0.3 is 5.97 Å². The topological polar surface area (TPSA) is 76.6 Å². The van der Waals surface area contributed by atoms with Crippen LogP contribution in [-0.2, 0) is 0 Å². The normalized spacial score (nSPS) is 13.1. The van der Waals surface area contributed by atoms with E-state index in [1.54, 1.807) is 18.3 Å². The van der Waals surface area contributed by atoms with Gasteiger partial charge in [-0.15, -0.1) is 0 Å². The quantitative estimate of drug-likeness (QED) is 0.434. The summed E-state index contributed by atoms with van der Waals surface area (Å²) in [7, 11) is 0. The van der Waals surface area contributed by atoms with E-state index in [-0.39, 0.29) is 28.7 Å². The number of halogens is 1. The fraction of sp³-hybridized carbons (Fsp3) is 0.222. The van der Waals surface area contributed by atoms with E-state index in [4.69, 9.17) is 4.74 Å². The summed E-state index contributed by atoms with van der Waals surface area (Å²) in [5, 5.41) is 0. The van der Waals surface area contributed by atoms with Crippen LogP contribution >= 0.6 is 15.9 Å². The molecule has 6 nitrogen and oxygen atoms in total. The van der Waals surface area contributed by atoms with Gasteiger partial charge in [0.15, 0.2) is 5.75 Å². The second-order valence-electron chi connectivity index (χ2n) is 5.56. The highest BCUT2D eigenvalue weighted by atomic mass is 79.9. The molecule has 1 aliphatic heterocycles. The molecule has 0 atom stereocenters. The smallest absolute Gasteiger partial charge is 0.343 e. The van der Waals surface area contributed by atoms with E-state index in [0.29, 0.717) is 16.7 Å². The predicted octanol–water partition coefficient (Wildman–Crippen LogP) is 3.46. The summed E-state index contributed by atoms with van der Waals surface area (Å²) in [5.41, 5.74) is 0.758. The van der Waals surface area contributed by atoms with Crippen molar-refractivity contribution in [2.24, 2.45) is 0 Å². The first kappa shape index (κ1) is 17.3. The van der Waals surface area contributed by atoms with Crippen LogP contribution in [0.15, 0.2) is 41.1 Å². The number of nitrogens with zero attached hydrogens (tertiary/aromatic N) is 2. The Kier molecular flexibility index (Phi) is 4.94. The van der Waals surface area contributed by atoms with E-state index in [2.05, 4.69) is 20.9 Å². The van der Waals surface area contributed by atoms with Gasteiger partial charge in [-0.05, 0) is 52.7 Å². The maximum atomic E-state index is 12.4. The van der Waals surface area contributed by atoms with Gasteiger partial charge < -0.3 is 4.74 Å². The molecule has 0 aliphatic carbocycles. The van der Waals surface area contributed by atoms with Crippen LogP contribution in [0.1, 0.15) is 50.8 Å². The molecule has 0 spiro atoms. The van der Waals surface area contributed by atoms with Crippen molar-refractivity contribution in [2.75, 3.05) is 6.54 Å². The molecule has 7 heteroatoms. The van der Waals surface area contributed by atoms with Crippen molar-refractivity contribution in [1.82, 2.24) is 9.88 Å². The largest absolute Gasteiger partial charge is 0.420 e. The van der Waals surface area contributed by atoms with Crippen molar-refractivity contribution in [1.29, 1.82) is 0 Å². The maximum Gasteiger partial charge on any atom is 0.343 e. The molecule has 2 amide bonds. The van der Waals surface area contributed by atoms with Gasteiger partial charge in [0.05, 0.1) is 16.7 Å². The Morgan fingerprint density at radius 2 is 1.96 bits per heavy atom. The standard InChI is InChI=1S/C18H15BrN2O4/c1-2-3-9-21-16(22)12-7-6-11(10-13(12)17(21)23)18(24)25-14-5-4-8-20-15(14)19/h4-8,10H,2-3,9H2,1H3. The summed E-state index contributed by atoms with van der Waals surface area (Å²) >= 11 is 3.20. The maximum absolute atomic E-state index is 12.4. The molecule has 1 aliphatic rings. The van der Waals surface area contributed by atoms with Crippen molar-refractivity contribution < 1.29 is 19.1 Å². The summed E-state index contributed by atoms with van der Waals surface area (Å²) in [6.07, 6.45) is 3.19. The fourth-order valence-electron chi connectivity index (χ4n) is 2.54. The van der Waals surface area contributed by atoms with Crippen molar-refractivity contribution in [2.45, 2.75) is 19.8 Å². The number of carbonyl (C=O) groups is 3. The molecule has 1 aromatic heterocycles. The number of unbranched alkanes of at least 4 members (excludes halogenated alkanes) is 1. The zero-order valence-corrected chi connectivity index (χ0v) is 15.1. The molecular formula is C18H15BrN2O4. The van der Waals surface area contributed by atoms with E-state index in [1.807, 2.05) is 6.92 Å². The molecule has 128 valence electrons. The lowest BCUT2D eigenvalue weighted by Gasteiger charge is -2.12. The molecule has 3 rings (SSSR count). The molecule has 0 N–H and O–H groups in total. The van der Waals surface area contributed by atoms with Crippen LogP contribution in [0.25, 0.3) is 0 Å². The van der Waals surface area contributed by atoms with Gasteiger partial charge in [0.25, 0.3) is 11.8 Å². The SMILES string of the molecule is CCCCN1C(=O)c2ccc(C(=O)Oc3cccnc3Br)cc2C1=O. The first-order chi connectivity index (χ1) is 12.0. The highest BCUT2D eigenvalue weighted by molar-refractivity contribution is 9.10. The van der Waals surface area contributed by atoms with Crippen LogP contribution in [0.2, 0.25) is 0 Å². The van der Waals surface area contributed by atoms with E-state index in [1.165, 1.54) is 23.1 Å². The number of ether oxygens (including phenoxy) is 1. The van der Waals surface area contributed by atoms with E-state index in [0.717, 1.165) is 12.8 Å². The lowest BCUT2D eigenvalue weighted by Crippen LogP contribution is -2.30. The van der Waals surface area contributed by atoms with Crippen LogP contribution in [0.5, 0.6) is 5.75 Å². The third-order valence-electron chi connectivity index (χ3n) is 3.87. The number of esters is 1. The summed E-state index contributed by atoms with van der Waals surface area (Å²) in [6.45, 7) is 2.37. The van der Waals surface area contributed by atoms with E-state index >= 15 is 0 Å². The van der Waals surface area contributed by atoms with Crippen molar-refractivity contribution >= 4 is 33.7 Å². The molecule has 25 heavy (non-hydrogen) atoms. The fourth-order valence-corrected chi connectivity index (χ4v) is 2.87. The summed E-state index contributed by atoms with van der Waals surface area (Å²) in [4.78, 5) is 42.3. The Labute approximate surface area is 152 Å². The number of benzene rings is 1. The Morgan fingerprint density at radius 3 is 2.68 bits per heavy atom. The first-order valence-corrected chi connectivity index (χ1v) is 8.65. The number of rotatable bonds is 5. The van der Waals surface area contributed by atoms with Crippen LogP contribution in [0, 0.1) is 0 Å². The Bertz CT molecular complexity index is 866. The second kappa shape index (κ2) is 7.14. The van der Waals surface area contributed by atoms with Crippen molar-refractivity contribution in [3.63, 3.8) is 0 Å². The molecule has 0 radical (unpaired) electrons. The molecule has 0 saturated heterocycles. The average molecular weight is 403 g/mol. The van der Waals surface area contributed by atoms with Crippen molar-refractivity contribution in [3.8, 4) is 5.75 Å². The minimum atomic E-state index is -0.622. The molecule has 0 fully saturated rings. The van der Waals surface area contributed by atoms with Gasteiger partial charge in [0.2, 0.25) is 0 Å². The second-order valence-corrected chi connectivity index (χ2v) is 6.31. The number of aromatic nitrogens is 1. The minimum absolute atomic E-state index is 0.202. The Hall–Kier alpha value is -2.54. The van der Waals surface area contributed by atoms with Crippen LogP contribution < -0.4 is 4.74 Å². The molecule has 0 bridgehead atoms. The van der Waals surface area contributed by atoms with Gasteiger partial charge in [-0.3, -0.25) is 14.5 Å². The number of imide groups is 1. The number of fused-ring (bicyclic) bond motifs is 1. The lowest BCUT2D eigenvalue weighted by molar-refractivity contribution is 0.0651. The molecule has 0 saturated carbocycles. The average Bonchev–Trinajstić information content (AvgIpc) is 2.85. The predicted molar refractivity (Wildman–Crippen MR) is 93.6 cm³/mol. The summed E-state index contributed by atoms with van der Waals surface area (Å²) < 4.78 is 5.69. The number of hydrogen-bond donors (Lipinski definition) is 0. The van der Waals surface area contributed by atoms with Crippen molar-refractivity contribution in [3.05, 3.63) is 57.8 Å². The zero-order valence-electron chi connectivity index (χ0n) is 13.5. The lowest BCUT2D eigenvalue weighted by atomic mass is 10.1. The third-order valence-corrected chi connectivity index (χ3v) is 4.46. The Balaban J connectivity index is 1.84. The van der Waals surface area contributed by atoms with Crippen LogP contribution in [0.3, 0.4) is 0 Å². The van der Waals surface area contributed by atoms with E-state index in [9.17, 15) is 14.4 Å². The van der Waals surface area contributed by atoms with Gasteiger partial charge in [0.1, 0.15) is 4.60 Å². The van der Waals surface area contributed by atoms with Gasteiger partial charge in [-0.1, -0.05) is 13.3 Å². The number of amides is 2. The highest BCUT2D eigenvalue weighted by Crippen LogP contribution is 2.26. The number of hydrogen-bond acceptors (Lipinski definition) is 5. The molecular weight excluding hydrogens is 388 g/mol. The number of carbonyl (C=O) groups excluding carboxylic acids is 3. The summed E-state index contributed by atoms with van der Waals surface area (Å²) in [6, 6.07) is 7.64. The molecule has 2 aromatic rings. The summed E-state index contributed by atoms with van der Waals surface area (Å²) in [5.74, 6) is -1.03. The van der Waals surface area contributed by atoms with Gasteiger partial charge in [-0.2, -0.15) is 0 Å². The Morgan fingerprint density at radius 1 is 1.20 bits per heavy atom. The van der Waals surface area contributed by atoms with E-state index < -0.39 is 5.97 Å². The number of pyridine rings is 1. The highest BCUT2D eigenvalue weighted by Gasteiger charge is 2.35. The van der Waals surface area contributed by atoms with Gasteiger partial charge in [0, 0.05) is 12.7 Å².